The molecule has 0 aliphatic carbocycles. The molecule has 0 saturated carbocycles. The highest BCUT2D eigenvalue weighted by Crippen LogP contribution is 2.29. The number of para-hydroxylation sites is 1. The second-order valence-corrected chi connectivity index (χ2v) is 9.36. The first-order chi connectivity index (χ1) is 18.8. The lowest BCUT2D eigenvalue weighted by molar-refractivity contribution is 0.305. The van der Waals surface area contributed by atoms with Crippen molar-refractivity contribution < 1.29 is 4.74 Å². The zero-order valence-electron chi connectivity index (χ0n) is 21.8. The molecule has 2 heterocycles. The third-order valence-electron chi connectivity index (χ3n) is 6.55. The first kappa shape index (κ1) is 25.4. The number of unbranched alkanes of at least 4 members (excludes halogenated alkanes) is 1. The number of aromatic amines is 1. The molecule has 9 heteroatoms. The fourth-order valence-electron chi connectivity index (χ4n) is 4.58. The summed E-state index contributed by atoms with van der Waals surface area (Å²) in [5, 5.41) is 26.5. The number of aromatic nitrogens is 7. The van der Waals surface area contributed by atoms with E-state index in [1.807, 2.05) is 35.0 Å². The number of anilines is 1. The molecule has 38 heavy (non-hydrogen) atoms. The lowest BCUT2D eigenvalue weighted by atomic mass is 10.1. The Morgan fingerprint density at radius 3 is 2.53 bits per heavy atom. The Morgan fingerprint density at radius 1 is 0.868 bits per heavy atom. The number of nitrogens with zero attached hydrogens (tertiary/aromatic N) is 6. The lowest BCUT2D eigenvalue weighted by Gasteiger charge is -2.12. The van der Waals surface area contributed by atoms with Crippen molar-refractivity contribution in [1.82, 2.24) is 35.6 Å². The first-order valence-corrected chi connectivity index (χ1v) is 13.4. The molecule has 0 atom stereocenters. The second kappa shape index (κ2) is 12.8. The first-order valence-electron chi connectivity index (χ1n) is 13.4. The van der Waals surface area contributed by atoms with Gasteiger partial charge in [0.25, 0.3) is 0 Å². The van der Waals surface area contributed by atoms with Gasteiger partial charge in [0, 0.05) is 24.2 Å². The Morgan fingerprint density at radius 2 is 1.74 bits per heavy atom. The molecular weight excluding hydrogens is 476 g/mol. The number of benzene rings is 3. The van der Waals surface area contributed by atoms with E-state index in [2.05, 4.69) is 79.6 Å². The largest absolute Gasteiger partial charge is 0.493 e. The SMILES string of the molecule is CCCc1c(OCCCCNc2ccc(CCCc3nn[nH]n3)cc2)ccc2c1nnn2-c1ccccc1. The number of nitrogens with one attached hydrogen (secondary N) is 2. The van der Waals surface area contributed by atoms with Crippen LogP contribution in [0.2, 0.25) is 0 Å². The van der Waals surface area contributed by atoms with Crippen molar-refractivity contribution in [3.8, 4) is 11.4 Å². The van der Waals surface area contributed by atoms with Gasteiger partial charge in [0.2, 0.25) is 0 Å². The number of aryl methyl sites for hydroxylation is 3. The quantitative estimate of drug-likeness (QED) is 0.194. The molecule has 0 fully saturated rings. The molecule has 196 valence electrons. The lowest BCUT2D eigenvalue weighted by Crippen LogP contribution is -2.06. The van der Waals surface area contributed by atoms with Crippen LogP contribution < -0.4 is 10.1 Å². The molecular formula is C29H34N8O. The van der Waals surface area contributed by atoms with Crippen LogP contribution in [0.5, 0.6) is 5.75 Å². The Labute approximate surface area is 222 Å². The summed E-state index contributed by atoms with van der Waals surface area (Å²) in [5.74, 6) is 1.69. The smallest absolute Gasteiger partial charge is 0.174 e. The average molecular weight is 511 g/mol. The van der Waals surface area contributed by atoms with Gasteiger partial charge in [-0.15, -0.1) is 15.3 Å². The summed E-state index contributed by atoms with van der Waals surface area (Å²) < 4.78 is 8.12. The third-order valence-corrected chi connectivity index (χ3v) is 6.55. The van der Waals surface area contributed by atoms with Gasteiger partial charge in [-0.1, -0.05) is 54.1 Å². The maximum absolute atomic E-state index is 6.23. The van der Waals surface area contributed by atoms with Gasteiger partial charge in [-0.25, -0.2) is 4.68 Å². The highest BCUT2D eigenvalue weighted by atomic mass is 16.5. The van der Waals surface area contributed by atoms with Gasteiger partial charge in [-0.3, -0.25) is 0 Å². The van der Waals surface area contributed by atoms with E-state index in [4.69, 9.17) is 4.74 Å². The van der Waals surface area contributed by atoms with Gasteiger partial charge in [0.05, 0.1) is 17.8 Å². The molecule has 9 nitrogen and oxygen atoms in total. The maximum atomic E-state index is 6.23. The van der Waals surface area contributed by atoms with E-state index in [1.165, 1.54) is 5.56 Å². The van der Waals surface area contributed by atoms with Gasteiger partial charge < -0.3 is 10.1 Å². The number of fused-ring (bicyclic) bond motifs is 1. The minimum absolute atomic E-state index is 0.677. The second-order valence-electron chi connectivity index (χ2n) is 9.36. The summed E-state index contributed by atoms with van der Waals surface area (Å²) in [4.78, 5) is 0. The van der Waals surface area contributed by atoms with Crippen molar-refractivity contribution >= 4 is 16.7 Å². The Kier molecular flexibility index (Phi) is 8.55. The van der Waals surface area contributed by atoms with E-state index >= 15 is 0 Å². The van der Waals surface area contributed by atoms with Gasteiger partial charge in [0.15, 0.2) is 5.82 Å². The molecule has 2 aromatic heterocycles. The standard InChI is InChI=1S/C29H34N8O/c1-2-9-25-27(19-18-26-29(25)33-36-37(26)24-11-4-3-5-12-24)38-21-7-6-20-30-23-16-14-22(15-17-23)10-8-13-28-31-34-35-32-28/h3-5,11-12,14-19,30H,2,6-10,13,20-21H2,1H3,(H,31,32,34,35). The molecule has 3 aromatic carbocycles. The Hall–Kier alpha value is -4.27. The Balaban J connectivity index is 1.07. The van der Waals surface area contributed by atoms with E-state index in [-0.39, 0.29) is 0 Å². The number of H-pyrrole nitrogens is 1. The molecule has 0 aliphatic heterocycles. The van der Waals surface area contributed by atoms with Crippen LogP contribution >= 0.6 is 0 Å². The van der Waals surface area contributed by atoms with Crippen LogP contribution in [-0.2, 0) is 19.3 Å². The van der Waals surface area contributed by atoms with Crippen LogP contribution in [0.15, 0.2) is 66.7 Å². The van der Waals surface area contributed by atoms with Crippen LogP contribution in [0.3, 0.4) is 0 Å². The molecule has 0 aliphatic rings. The average Bonchev–Trinajstić information content (AvgIpc) is 3.63. The van der Waals surface area contributed by atoms with E-state index in [0.29, 0.717) is 6.61 Å². The normalized spacial score (nSPS) is 11.2. The summed E-state index contributed by atoms with van der Waals surface area (Å²) >= 11 is 0. The minimum Gasteiger partial charge on any atom is -0.493 e. The molecule has 0 unspecified atom stereocenters. The number of hydrogen-bond donors (Lipinski definition) is 2. The van der Waals surface area contributed by atoms with Crippen molar-refractivity contribution in [3.63, 3.8) is 0 Å². The van der Waals surface area contributed by atoms with Crippen LogP contribution in [-0.4, -0.2) is 48.8 Å². The summed E-state index contributed by atoms with van der Waals surface area (Å²) in [7, 11) is 0. The molecule has 0 radical (unpaired) electrons. The number of hydrogen-bond acceptors (Lipinski definition) is 7. The third kappa shape index (κ3) is 6.34. The maximum Gasteiger partial charge on any atom is 0.174 e. The molecule has 2 N–H and O–H groups in total. The van der Waals surface area contributed by atoms with Crippen LogP contribution in [0.4, 0.5) is 5.69 Å². The fourth-order valence-corrected chi connectivity index (χ4v) is 4.58. The van der Waals surface area contributed by atoms with E-state index < -0.39 is 0 Å². The Bertz CT molecular complexity index is 1400. The zero-order chi connectivity index (χ0) is 26.0. The van der Waals surface area contributed by atoms with Crippen molar-refractivity contribution in [1.29, 1.82) is 0 Å². The number of ether oxygens (including phenoxy) is 1. The molecule has 0 bridgehead atoms. The van der Waals surface area contributed by atoms with Crippen LogP contribution in [0, 0.1) is 0 Å². The highest BCUT2D eigenvalue weighted by Gasteiger charge is 2.15. The predicted molar refractivity (Wildman–Crippen MR) is 149 cm³/mol. The molecule has 5 aromatic rings. The topological polar surface area (TPSA) is 106 Å². The van der Waals surface area contributed by atoms with Crippen molar-refractivity contribution in [2.75, 3.05) is 18.5 Å². The van der Waals surface area contributed by atoms with Crippen molar-refractivity contribution in [2.24, 2.45) is 0 Å². The van der Waals surface area contributed by atoms with Gasteiger partial charge in [-0.05, 0) is 74.1 Å². The van der Waals surface area contributed by atoms with Gasteiger partial charge in [0.1, 0.15) is 11.3 Å². The highest BCUT2D eigenvalue weighted by molar-refractivity contribution is 5.82. The van der Waals surface area contributed by atoms with Crippen molar-refractivity contribution in [2.45, 2.75) is 51.9 Å². The summed E-state index contributed by atoms with van der Waals surface area (Å²) in [5.41, 5.74) is 6.54. The minimum atomic E-state index is 0.677. The number of rotatable bonds is 14. The molecule has 0 amide bonds. The van der Waals surface area contributed by atoms with E-state index in [1.54, 1.807) is 0 Å². The summed E-state index contributed by atoms with van der Waals surface area (Å²) in [6.07, 6.45) is 6.78. The van der Waals surface area contributed by atoms with Crippen LogP contribution in [0.25, 0.3) is 16.7 Å². The summed E-state index contributed by atoms with van der Waals surface area (Å²) in [6, 6.07) is 22.9. The molecule has 0 saturated heterocycles. The molecule has 0 spiro atoms. The van der Waals surface area contributed by atoms with E-state index in [9.17, 15) is 0 Å². The summed E-state index contributed by atoms with van der Waals surface area (Å²) in [6.45, 7) is 3.77. The van der Waals surface area contributed by atoms with Gasteiger partial charge in [-0.2, -0.15) is 5.21 Å². The molecule has 5 rings (SSSR count). The van der Waals surface area contributed by atoms with Gasteiger partial charge >= 0.3 is 0 Å². The predicted octanol–water partition coefficient (Wildman–Crippen LogP) is 5.33. The van der Waals surface area contributed by atoms with Crippen LogP contribution in [0.1, 0.15) is 49.6 Å². The number of tetrazole rings is 1. The van der Waals surface area contributed by atoms with Crippen molar-refractivity contribution in [3.05, 3.63) is 83.7 Å². The van der Waals surface area contributed by atoms with E-state index in [0.717, 1.165) is 91.0 Å². The monoisotopic (exact) mass is 510 g/mol. The zero-order valence-corrected chi connectivity index (χ0v) is 21.8. The fraction of sp³-hybridized carbons (Fsp3) is 0.345.